The molecular formula is C10H16N4O4S. The Bertz CT molecular complexity index is 554. The molecule has 0 spiro atoms. The number of sulfone groups is 1. The third-order valence-electron chi connectivity index (χ3n) is 2.78. The zero-order valence-electron chi connectivity index (χ0n) is 10.5. The summed E-state index contributed by atoms with van der Waals surface area (Å²) >= 11 is 0. The van der Waals surface area contributed by atoms with E-state index in [0.29, 0.717) is 18.8 Å². The molecule has 0 saturated carbocycles. The van der Waals surface area contributed by atoms with Crippen molar-refractivity contribution in [1.82, 2.24) is 20.5 Å². The van der Waals surface area contributed by atoms with Gasteiger partial charge >= 0.3 is 5.97 Å². The van der Waals surface area contributed by atoms with Gasteiger partial charge in [0.05, 0.1) is 24.7 Å². The lowest BCUT2D eigenvalue weighted by Crippen LogP contribution is -2.29. The molecule has 0 radical (unpaired) electrons. The summed E-state index contributed by atoms with van der Waals surface area (Å²) < 4.78 is 27.3. The topological polar surface area (TPSA) is 114 Å². The minimum atomic E-state index is -2.90. The number of nitrogens with zero attached hydrogens (tertiary/aromatic N) is 2. The summed E-state index contributed by atoms with van der Waals surface area (Å²) in [6.45, 7) is 2.31. The fraction of sp³-hybridized carbons (Fsp3) is 0.700. The molecule has 9 heteroatoms. The lowest BCUT2D eigenvalue weighted by Gasteiger charge is -2.07. The van der Waals surface area contributed by atoms with Crippen LogP contribution in [-0.2, 0) is 21.1 Å². The number of H-pyrrole nitrogens is 1. The number of aromatic amines is 1. The monoisotopic (exact) mass is 288 g/mol. The Labute approximate surface area is 110 Å². The molecule has 0 aromatic carbocycles. The van der Waals surface area contributed by atoms with Gasteiger partial charge in [-0.05, 0) is 13.3 Å². The van der Waals surface area contributed by atoms with E-state index in [0.717, 1.165) is 0 Å². The summed E-state index contributed by atoms with van der Waals surface area (Å²) in [5.41, 5.74) is 0. The molecule has 2 N–H and O–H groups in total. The highest BCUT2D eigenvalue weighted by Crippen LogP contribution is 2.11. The number of ether oxygens (including phenoxy) is 1. The van der Waals surface area contributed by atoms with Crippen LogP contribution in [0.4, 0.5) is 0 Å². The molecule has 0 bridgehead atoms. The highest BCUT2D eigenvalue weighted by molar-refractivity contribution is 7.91. The van der Waals surface area contributed by atoms with Crippen molar-refractivity contribution in [2.45, 2.75) is 25.9 Å². The van der Waals surface area contributed by atoms with E-state index in [1.54, 1.807) is 6.92 Å². The normalized spacial score (nSPS) is 21.4. The molecule has 1 aromatic heterocycles. The van der Waals surface area contributed by atoms with Crippen LogP contribution in [0, 0.1) is 0 Å². The average Bonchev–Trinajstić information content (AvgIpc) is 2.93. The first-order valence-electron chi connectivity index (χ1n) is 6.02. The maximum absolute atomic E-state index is 11.3. The molecule has 1 aromatic rings. The Balaban J connectivity index is 1.86. The summed E-state index contributed by atoms with van der Waals surface area (Å²) in [4.78, 5) is 15.3. The van der Waals surface area contributed by atoms with Gasteiger partial charge in [-0.25, -0.2) is 18.2 Å². The summed E-state index contributed by atoms with van der Waals surface area (Å²) in [7, 11) is -2.90. The minimum absolute atomic E-state index is 0.0160. The Kier molecular flexibility index (Phi) is 4.15. The first-order chi connectivity index (χ1) is 9.00. The number of carbonyl (C=O) groups is 1. The summed E-state index contributed by atoms with van der Waals surface area (Å²) in [6.07, 6.45) is 0.598. The van der Waals surface area contributed by atoms with Crippen LogP contribution in [0.3, 0.4) is 0 Å². The van der Waals surface area contributed by atoms with E-state index in [1.165, 1.54) is 0 Å². The standard InChI is InChI=1S/C10H16N4O4S/c1-2-18-10(15)9-12-8(13-14-9)5-11-7-3-4-19(16,17)6-7/h7,11H,2-6H2,1H3,(H,12,13,14). The van der Waals surface area contributed by atoms with Gasteiger partial charge < -0.3 is 10.1 Å². The van der Waals surface area contributed by atoms with Crippen molar-refractivity contribution in [3.8, 4) is 0 Å². The summed E-state index contributed by atoms with van der Waals surface area (Å²) in [5.74, 6) is 0.250. The zero-order chi connectivity index (χ0) is 13.9. The molecular weight excluding hydrogens is 272 g/mol. The summed E-state index contributed by atoms with van der Waals surface area (Å²) in [6, 6.07) is -0.0684. The highest BCUT2D eigenvalue weighted by Gasteiger charge is 2.27. The van der Waals surface area contributed by atoms with Crippen LogP contribution >= 0.6 is 0 Å². The first kappa shape index (κ1) is 13.9. The molecule has 1 aliphatic heterocycles. The van der Waals surface area contributed by atoms with Crippen molar-refractivity contribution in [3.63, 3.8) is 0 Å². The van der Waals surface area contributed by atoms with Crippen molar-refractivity contribution < 1.29 is 17.9 Å². The number of hydrogen-bond donors (Lipinski definition) is 2. The van der Waals surface area contributed by atoms with Crippen LogP contribution < -0.4 is 5.32 Å². The Morgan fingerprint density at radius 1 is 1.58 bits per heavy atom. The molecule has 1 fully saturated rings. The number of rotatable bonds is 5. The van der Waals surface area contributed by atoms with E-state index in [1.807, 2.05) is 0 Å². The summed E-state index contributed by atoms with van der Waals surface area (Å²) in [5, 5.41) is 9.43. The lowest BCUT2D eigenvalue weighted by molar-refractivity contribution is 0.0512. The van der Waals surface area contributed by atoms with Crippen LogP contribution in [0.5, 0.6) is 0 Å². The van der Waals surface area contributed by atoms with Gasteiger partial charge in [-0.3, -0.25) is 5.10 Å². The van der Waals surface area contributed by atoms with Crippen LogP contribution in [0.25, 0.3) is 0 Å². The lowest BCUT2D eigenvalue weighted by atomic mass is 10.2. The Hall–Kier alpha value is -1.48. The maximum Gasteiger partial charge on any atom is 0.378 e. The molecule has 1 atom stereocenters. The second-order valence-electron chi connectivity index (χ2n) is 4.31. The average molecular weight is 288 g/mol. The quantitative estimate of drug-likeness (QED) is 0.686. The van der Waals surface area contributed by atoms with Crippen molar-refractivity contribution in [2.75, 3.05) is 18.1 Å². The largest absolute Gasteiger partial charge is 0.460 e. The van der Waals surface area contributed by atoms with Crippen LogP contribution in [0.2, 0.25) is 0 Å². The smallest absolute Gasteiger partial charge is 0.378 e. The Morgan fingerprint density at radius 2 is 2.37 bits per heavy atom. The number of esters is 1. The third-order valence-corrected chi connectivity index (χ3v) is 4.55. The number of carbonyl (C=O) groups excluding carboxylic acids is 1. The molecule has 0 aliphatic carbocycles. The molecule has 1 aliphatic rings. The number of hydrogen-bond acceptors (Lipinski definition) is 7. The van der Waals surface area contributed by atoms with Crippen LogP contribution in [0.15, 0.2) is 0 Å². The van der Waals surface area contributed by atoms with Gasteiger partial charge in [0, 0.05) is 6.04 Å². The number of nitrogens with one attached hydrogen (secondary N) is 2. The third kappa shape index (κ3) is 3.74. The van der Waals surface area contributed by atoms with Gasteiger partial charge in [0.2, 0.25) is 0 Å². The van der Waals surface area contributed by atoms with E-state index in [9.17, 15) is 13.2 Å². The van der Waals surface area contributed by atoms with Crippen LogP contribution in [0.1, 0.15) is 29.8 Å². The highest BCUT2D eigenvalue weighted by atomic mass is 32.2. The number of aromatic nitrogens is 3. The molecule has 1 saturated heterocycles. The van der Waals surface area contributed by atoms with Gasteiger partial charge in [-0.15, -0.1) is 5.10 Å². The Morgan fingerprint density at radius 3 is 3.00 bits per heavy atom. The zero-order valence-corrected chi connectivity index (χ0v) is 11.4. The van der Waals surface area contributed by atoms with E-state index >= 15 is 0 Å². The molecule has 2 rings (SSSR count). The van der Waals surface area contributed by atoms with E-state index < -0.39 is 15.8 Å². The van der Waals surface area contributed by atoms with E-state index in [4.69, 9.17) is 4.74 Å². The predicted octanol–water partition coefficient (Wildman–Crippen LogP) is -0.742. The van der Waals surface area contributed by atoms with Crippen LogP contribution in [-0.4, -0.2) is 53.7 Å². The predicted molar refractivity (Wildman–Crippen MR) is 66.2 cm³/mol. The molecule has 106 valence electrons. The van der Waals surface area contributed by atoms with Crippen molar-refractivity contribution in [3.05, 3.63) is 11.6 Å². The SMILES string of the molecule is CCOC(=O)c1n[nH]c(CNC2CCS(=O)(=O)C2)n1. The molecule has 8 nitrogen and oxygen atoms in total. The van der Waals surface area contributed by atoms with Gasteiger partial charge in [0.25, 0.3) is 5.82 Å². The molecule has 1 unspecified atom stereocenters. The van der Waals surface area contributed by atoms with Crippen molar-refractivity contribution in [1.29, 1.82) is 0 Å². The fourth-order valence-electron chi connectivity index (χ4n) is 1.86. The van der Waals surface area contributed by atoms with Gasteiger partial charge in [-0.2, -0.15) is 0 Å². The maximum atomic E-state index is 11.3. The van der Waals surface area contributed by atoms with Gasteiger partial charge in [0.1, 0.15) is 5.82 Å². The first-order valence-corrected chi connectivity index (χ1v) is 7.84. The molecule has 19 heavy (non-hydrogen) atoms. The molecule has 2 heterocycles. The van der Waals surface area contributed by atoms with Crippen molar-refractivity contribution in [2.24, 2.45) is 0 Å². The minimum Gasteiger partial charge on any atom is -0.460 e. The van der Waals surface area contributed by atoms with Gasteiger partial charge in [0.15, 0.2) is 9.84 Å². The second kappa shape index (κ2) is 5.66. The fourth-order valence-corrected chi connectivity index (χ4v) is 3.57. The molecule has 0 amide bonds. The van der Waals surface area contributed by atoms with E-state index in [2.05, 4.69) is 20.5 Å². The van der Waals surface area contributed by atoms with E-state index in [-0.39, 0.29) is 30.0 Å². The van der Waals surface area contributed by atoms with Crippen molar-refractivity contribution >= 4 is 15.8 Å². The van der Waals surface area contributed by atoms with Gasteiger partial charge in [-0.1, -0.05) is 0 Å². The second-order valence-corrected chi connectivity index (χ2v) is 6.54.